The fraction of sp³-hybridized carbons (Fsp3) is 0.476. The van der Waals surface area contributed by atoms with E-state index in [2.05, 4.69) is 26.1 Å². The fourth-order valence-electron chi connectivity index (χ4n) is 3.25. The van der Waals surface area contributed by atoms with Gasteiger partial charge in [0.2, 0.25) is 0 Å². The van der Waals surface area contributed by atoms with Crippen molar-refractivity contribution >= 4 is 33.9 Å². The number of aromatic nitrogens is 3. The molecule has 0 saturated carbocycles. The van der Waals surface area contributed by atoms with E-state index in [9.17, 15) is 4.79 Å². The molecule has 2 heterocycles. The van der Waals surface area contributed by atoms with Gasteiger partial charge in [-0.15, -0.1) is 0 Å². The molecule has 3 rings (SSSR count). The second-order valence-corrected chi connectivity index (χ2v) is 7.46. The van der Waals surface area contributed by atoms with E-state index < -0.39 is 0 Å². The zero-order valence-corrected chi connectivity index (χ0v) is 16.5. The van der Waals surface area contributed by atoms with Crippen LogP contribution in [-0.2, 0) is 6.54 Å². The summed E-state index contributed by atoms with van der Waals surface area (Å²) >= 11 is 0. The largest absolute Gasteiger partial charge is 0.384 e. The van der Waals surface area contributed by atoms with E-state index in [4.69, 9.17) is 15.7 Å². The van der Waals surface area contributed by atoms with Crippen molar-refractivity contribution in [2.24, 2.45) is 5.92 Å². The highest BCUT2D eigenvalue weighted by Crippen LogP contribution is 2.28. The van der Waals surface area contributed by atoms with Crippen molar-refractivity contribution in [3.05, 3.63) is 29.8 Å². The van der Waals surface area contributed by atoms with Gasteiger partial charge in [0.15, 0.2) is 5.65 Å². The number of nitrogens with one attached hydrogen (secondary N) is 1. The highest BCUT2D eigenvalue weighted by atomic mass is 16.1. The quantitative estimate of drug-likeness (QED) is 0.586. The molecule has 0 fully saturated rings. The van der Waals surface area contributed by atoms with E-state index >= 15 is 0 Å². The van der Waals surface area contributed by atoms with E-state index in [0.29, 0.717) is 35.0 Å². The molecule has 1 amide bonds. The third kappa shape index (κ3) is 4.04. The number of fused-ring (bicyclic) bond motifs is 2. The van der Waals surface area contributed by atoms with Crippen molar-refractivity contribution in [2.45, 2.75) is 53.0 Å². The molecule has 3 aromatic rings. The lowest BCUT2D eigenvalue weighted by molar-refractivity contribution is 0.0951. The zero-order chi connectivity index (χ0) is 19.4. The number of rotatable bonds is 8. The minimum absolute atomic E-state index is 0.178. The normalized spacial score (nSPS) is 11.6. The Labute approximate surface area is 160 Å². The summed E-state index contributed by atoms with van der Waals surface area (Å²) in [6.45, 7) is 7.66. The van der Waals surface area contributed by atoms with Gasteiger partial charge in [-0.1, -0.05) is 52.2 Å². The number of para-hydroxylation sites is 2. The maximum atomic E-state index is 12.8. The molecule has 0 radical (unpaired) electrons. The summed E-state index contributed by atoms with van der Waals surface area (Å²) in [6, 6.07) is 7.71. The van der Waals surface area contributed by atoms with Crippen LogP contribution in [0.3, 0.4) is 0 Å². The van der Waals surface area contributed by atoms with Gasteiger partial charge in [0.25, 0.3) is 5.91 Å². The molecule has 3 N–H and O–H groups in total. The number of benzene rings is 1. The van der Waals surface area contributed by atoms with Gasteiger partial charge in [0, 0.05) is 13.1 Å². The molecule has 0 unspecified atom stereocenters. The van der Waals surface area contributed by atoms with Crippen molar-refractivity contribution in [1.82, 2.24) is 19.9 Å². The minimum atomic E-state index is -0.178. The summed E-state index contributed by atoms with van der Waals surface area (Å²) in [4.78, 5) is 22.3. The number of amides is 1. The molecule has 27 heavy (non-hydrogen) atoms. The summed E-state index contributed by atoms with van der Waals surface area (Å²) in [6.07, 6.45) is 4.50. The number of hydrogen-bond donors (Lipinski definition) is 2. The number of carbonyl (C=O) groups excluding carboxylic acids is 1. The number of nitrogen functional groups attached to an aromatic ring is 1. The van der Waals surface area contributed by atoms with Gasteiger partial charge in [-0.05, 0) is 24.5 Å². The Morgan fingerprint density at radius 1 is 1.15 bits per heavy atom. The van der Waals surface area contributed by atoms with Crippen LogP contribution >= 0.6 is 0 Å². The van der Waals surface area contributed by atoms with Gasteiger partial charge in [-0.2, -0.15) is 0 Å². The Morgan fingerprint density at radius 2 is 1.85 bits per heavy atom. The standard InChI is InChI=1S/C21H29N5O/c1-4-5-6-9-12-26-19(22)17(21(27)23-13-14(2)3)18-20(26)25-16-11-8-7-10-15(16)24-18/h7-8,10-11,14H,4-6,9,12-13,22H2,1-3H3,(H,23,27). The molecule has 144 valence electrons. The number of nitrogens with zero attached hydrogens (tertiary/aromatic N) is 3. The van der Waals surface area contributed by atoms with Gasteiger partial charge < -0.3 is 15.6 Å². The van der Waals surface area contributed by atoms with Crippen molar-refractivity contribution in [2.75, 3.05) is 12.3 Å². The van der Waals surface area contributed by atoms with Crippen LogP contribution < -0.4 is 11.1 Å². The van der Waals surface area contributed by atoms with Gasteiger partial charge in [-0.25, -0.2) is 9.97 Å². The van der Waals surface area contributed by atoms with Gasteiger partial charge in [0.1, 0.15) is 16.9 Å². The van der Waals surface area contributed by atoms with E-state index in [1.54, 1.807) is 0 Å². The highest BCUT2D eigenvalue weighted by Gasteiger charge is 2.23. The third-order valence-corrected chi connectivity index (χ3v) is 4.72. The summed E-state index contributed by atoms with van der Waals surface area (Å²) in [5.41, 5.74) is 9.73. The van der Waals surface area contributed by atoms with Crippen LogP contribution in [0.4, 0.5) is 5.82 Å². The summed E-state index contributed by atoms with van der Waals surface area (Å²) in [7, 11) is 0. The molecule has 0 spiro atoms. The monoisotopic (exact) mass is 367 g/mol. The van der Waals surface area contributed by atoms with Crippen LogP contribution in [0.2, 0.25) is 0 Å². The molecule has 0 aliphatic heterocycles. The zero-order valence-electron chi connectivity index (χ0n) is 16.5. The van der Waals surface area contributed by atoms with Crippen LogP contribution in [0.25, 0.3) is 22.2 Å². The third-order valence-electron chi connectivity index (χ3n) is 4.72. The topological polar surface area (TPSA) is 85.8 Å². The number of unbranched alkanes of at least 4 members (excludes halogenated alkanes) is 3. The Bertz CT molecular complexity index is 945. The SMILES string of the molecule is CCCCCCn1c(N)c(C(=O)NCC(C)C)c2nc3ccccc3nc21. The number of hydrogen-bond acceptors (Lipinski definition) is 4. The lowest BCUT2D eigenvalue weighted by atomic mass is 10.2. The van der Waals surface area contributed by atoms with Crippen molar-refractivity contribution < 1.29 is 4.79 Å². The first kappa shape index (κ1) is 19.1. The number of carbonyl (C=O) groups is 1. The Hall–Kier alpha value is -2.63. The first-order valence-electron chi connectivity index (χ1n) is 9.85. The molecule has 0 aliphatic carbocycles. The van der Waals surface area contributed by atoms with Crippen LogP contribution in [0, 0.1) is 5.92 Å². The second-order valence-electron chi connectivity index (χ2n) is 7.46. The fourth-order valence-corrected chi connectivity index (χ4v) is 3.25. The van der Waals surface area contributed by atoms with E-state index in [1.165, 1.54) is 12.8 Å². The average molecular weight is 367 g/mol. The number of nitrogens with two attached hydrogens (primary N) is 1. The molecule has 6 heteroatoms. The average Bonchev–Trinajstić information content (AvgIpc) is 2.92. The van der Waals surface area contributed by atoms with Crippen LogP contribution in [0.1, 0.15) is 56.8 Å². The Balaban J connectivity index is 2.07. The molecule has 2 aromatic heterocycles. The first-order valence-corrected chi connectivity index (χ1v) is 9.85. The highest BCUT2D eigenvalue weighted by molar-refractivity contribution is 6.10. The lowest BCUT2D eigenvalue weighted by Gasteiger charge is -2.09. The van der Waals surface area contributed by atoms with Gasteiger partial charge in [-0.3, -0.25) is 4.79 Å². The predicted octanol–water partition coefficient (Wildman–Crippen LogP) is 4.13. The maximum Gasteiger partial charge on any atom is 0.257 e. The van der Waals surface area contributed by atoms with E-state index in [1.807, 2.05) is 28.8 Å². The van der Waals surface area contributed by atoms with Gasteiger partial charge in [0.05, 0.1) is 11.0 Å². The first-order chi connectivity index (χ1) is 13.0. The maximum absolute atomic E-state index is 12.8. The predicted molar refractivity (Wildman–Crippen MR) is 111 cm³/mol. The number of anilines is 1. The van der Waals surface area contributed by atoms with Crippen molar-refractivity contribution in [3.8, 4) is 0 Å². The van der Waals surface area contributed by atoms with Crippen LogP contribution in [-0.4, -0.2) is 27.0 Å². The summed E-state index contributed by atoms with van der Waals surface area (Å²) < 4.78 is 1.95. The molecule has 0 saturated heterocycles. The van der Waals surface area contributed by atoms with Crippen LogP contribution in [0.5, 0.6) is 0 Å². The summed E-state index contributed by atoms with van der Waals surface area (Å²) in [5, 5.41) is 2.97. The molecule has 6 nitrogen and oxygen atoms in total. The molecule has 0 atom stereocenters. The van der Waals surface area contributed by atoms with Crippen molar-refractivity contribution in [1.29, 1.82) is 0 Å². The lowest BCUT2D eigenvalue weighted by Crippen LogP contribution is -2.28. The smallest absolute Gasteiger partial charge is 0.257 e. The molecular formula is C21H29N5O. The number of aryl methyl sites for hydroxylation is 1. The molecule has 0 aliphatic rings. The molecule has 1 aromatic carbocycles. The summed E-state index contributed by atoms with van der Waals surface area (Å²) in [5.74, 6) is 0.644. The van der Waals surface area contributed by atoms with E-state index in [0.717, 1.165) is 30.4 Å². The molecular weight excluding hydrogens is 338 g/mol. The Morgan fingerprint density at radius 3 is 2.52 bits per heavy atom. The van der Waals surface area contributed by atoms with Crippen LogP contribution in [0.15, 0.2) is 24.3 Å². The van der Waals surface area contributed by atoms with E-state index in [-0.39, 0.29) is 5.91 Å². The van der Waals surface area contributed by atoms with Crippen molar-refractivity contribution in [3.63, 3.8) is 0 Å². The van der Waals surface area contributed by atoms with Gasteiger partial charge >= 0.3 is 0 Å². The molecule has 0 bridgehead atoms. The minimum Gasteiger partial charge on any atom is -0.384 e. The Kier molecular flexibility index (Phi) is 5.94. The second kappa shape index (κ2) is 8.37.